The van der Waals surface area contributed by atoms with Gasteiger partial charge in [-0.1, -0.05) is 18.2 Å². The van der Waals surface area contributed by atoms with Crippen molar-refractivity contribution in [1.29, 1.82) is 0 Å². The number of nitrogens with zero attached hydrogens (tertiary/aromatic N) is 1. The van der Waals surface area contributed by atoms with Crippen LogP contribution in [0.25, 0.3) is 0 Å². The summed E-state index contributed by atoms with van der Waals surface area (Å²) in [5.41, 5.74) is 2.44. The topological polar surface area (TPSA) is 33.5 Å². The van der Waals surface area contributed by atoms with E-state index in [4.69, 9.17) is 4.42 Å². The van der Waals surface area contributed by atoms with Crippen molar-refractivity contribution >= 4 is 12.0 Å². The summed E-state index contributed by atoms with van der Waals surface area (Å²) in [4.78, 5) is 12.8. The molecule has 0 amide bonds. The first-order valence-corrected chi connectivity index (χ1v) is 6.09. The first-order valence-electron chi connectivity index (χ1n) is 6.09. The van der Waals surface area contributed by atoms with E-state index in [2.05, 4.69) is 30.9 Å². The third kappa shape index (κ3) is 2.62. The fourth-order valence-corrected chi connectivity index (χ4v) is 2.02. The molecule has 2 aromatic rings. The average Bonchev–Trinajstić information content (AvgIpc) is 2.85. The molecule has 0 aliphatic heterocycles. The lowest BCUT2D eigenvalue weighted by Crippen LogP contribution is -2.22. The zero-order valence-electron chi connectivity index (χ0n) is 10.7. The van der Waals surface area contributed by atoms with Crippen LogP contribution >= 0.6 is 0 Å². The number of hydrogen-bond acceptors (Lipinski definition) is 3. The summed E-state index contributed by atoms with van der Waals surface area (Å²) in [5.74, 6) is 1.19. The lowest BCUT2D eigenvalue weighted by molar-refractivity contribution is 0.109. The SMILES string of the molecule is CCN(Cc1ccc(C=O)o1)c1ccccc1C. The summed E-state index contributed by atoms with van der Waals surface area (Å²) < 4.78 is 5.42. The second-order valence-corrected chi connectivity index (χ2v) is 4.22. The second kappa shape index (κ2) is 5.54. The highest BCUT2D eigenvalue weighted by molar-refractivity contribution is 5.70. The Hall–Kier alpha value is -2.03. The van der Waals surface area contributed by atoms with Gasteiger partial charge in [0, 0.05) is 12.2 Å². The van der Waals surface area contributed by atoms with E-state index in [0.29, 0.717) is 12.3 Å². The highest BCUT2D eigenvalue weighted by Crippen LogP contribution is 2.21. The number of aldehydes is 1. The standard InChI is InChI=1S/C15H17NO2/c1-3-16(15-7-5-4-6-12(15)2)10-13-8-9-14(11-17)18-13/h4-9,11H,3,10H2,1-2H3. The minimum Gasteiger partial charge on any atom is -0.456 e. The molecule has 0 bridgehead atoms. The second-order valence-electron chi connectivity index (χ2n) is 4.22. The van der Waals surface area contributed by atoms with Crippen molar-refractivity contribution in [2.24, 2.45) is 0 Å². The van der Waals surface area contributed by atoms with Gasteiger partial charge in [0.15, 0.2) is 12.0 Å². The third-order valence-electron chi connectivity index (χ3n) is 2.98. The fraction of sp³-hybridized carbons (Fsp3) is 0.267. The van der Waals surface area contributed by atoms with Crippen LogP contribution in [0.3, 0.4) is 0 Å². The lowest BCUT2D eigenvalue weighted by atomic mass is 10.2. The Morgan fingerprint density at radius 2 is 2.00 bits per heavy atom. The smallest absolute Gasteiger partial charge is 0.185 e. The first-order chi connectivity index (χ1) is 8.74. The number of carbonyl (C=O) groups excluding carboxylic acids is 1. The summed E-state index contributed by atoms with van der Waals surface area (Å²) in [6.45, 7) is 5.77. The third-order valence-corrected chi connectivity index (χ3v) is 2.98. The molecule has 0 radical (unpaired) electrons. The van der Waals surface area contributed by atoms with Crippen LogP contribution < -0.4 is 4.90 Å². The molecule has 1 aromatic carbocycles. The van der Waals surface area contributed by atoms with E-state index in [-0.39, 0.29) is 0 Å². The van der Waals surface area contributed by atoms with Crippen molar-refractivity contribution in [3.05, 3.63) is 53.5 Å². The van der Waals surface area contributed by atoms with Crippen LogP contribution in [-0.2, 0) is 6.54 Å². The molecular weight excluding hydrogens is 226 g/mol. The lowest BCUT2D eigenvalue weighted by Gasteiger charge is -2.23. The van der Waals surface area contributed by atoms with Gasteiger partial charge in [-0.3, -0.25) is 4.79 Å². The van der Waals surface area contributed by atoms with E-state index in [1.165, 1.54) is 11.3 Å². The molecule has 0 spiro atoms. The number of hydrogen-bond donors (Lipinski definition) is 0. The van der Waals surface area contributed by atoms with Gasteiger partial charge in [0.2, 0.25) is 0 Å². The van der Waals surface area contributed by atoms with Gasteiger partial charge in [0.25, 0.3) is 0 Å². The van der Waals surface area contributed by atoms with Gasteiger partial charge in [-0.05, 0) is 37.6 Å². The van der Waals surface area contributed by atoms with Gasteiger partial charge < -0.3 is 9.32 Å². The number of anilines is 1. The minimum atomic E-state index is 0.380. The van der Waals surface area contributed by atoms with Gasteiger partial charge in [-0.2, -0.15) is 0 Å². The molecule has 0 fully saturated rings. The zero-order valence-corrected chi connectivity index (χ0v) is 10.7. The number of para-hydroxylation sites is 1. The Balaban J connectivity index is 2.19. The van der Waals surface area contributed by atoms with Crippen LogP contribution in [0, 0.1) is 6.92 Å². The number of furan rings is 1. The molecule has 1 aromatic heterocycles. The Kier molecular flexibility index (Phi) is 3.82. The molecule has 3 nitrogen and oxygen atoms in total. The molecule has 0 aliphatic rings. The van der Waals surface area contributed by atoms with Gasteiger partial charge in [0.05, 0.1) is 6.54 Å². The number of benzene rings is 1. The highest BCUT2D eigenvalue weighted by atomic mass is 16.3. The molecule has 1 heterocycles. The molecule has 3 heteroatoms. The maximum absolute atomic E-state index is 10.6. The van der Waals surface area contributed by atoms with Crippen molar-refractivity contribution in [1.82, 2.24) is 0 Å². The maximum atomic E-state index is 10.6. The predicted octanol–water partition coefficient (Wildman–Crippen LogP) is 3.43. The number of carbonyl (C=O) groups is 1. The molecule has 94 valence electrons. The molecule has 0 saturated carbocycles. The quantitative estimate of drug-likeness (QED) is 0.754. The molecule has 18 heavy (non-hydrogen) atoms. The Morgan fingerprint density at radius 3 is 2.61 bits per heavy atom. The number of aryl methyl sites for hydroxylation is 1. The Bertz CT molecular complexity index is 531. The summed E-state index contributed by atoms with van der Waals surface area (Å²) in [5, 5.41) is 0. The van der Waals surface area contributed by atoms with Gasteiger partial charge in [0.1, 0.15) is 5.76 Å². The largest absolute Gasteiger partial charge is 0.456 e. The van der Waals surface area contributed by atoms with Crippen molar-refractivity contribution in [3.63, 3.8) is 0 Å². The predicted molar refractivity (Wildman–Crippen MR) is 72.0 cm³/mol. The van der Waals surface area contributed by atoms with Crippen LogP contribution in [-0.4, -0.2) is 12.8 Å². The summed E-state index contributed by atoms with van der Waals surface area (Å²) in [7, 11) is 0. The first kappa shape index (κ1) is 12.4. The van der Waals surface area contributed by atoms with Gasteiger partial charge in [-0.15, -0.1) is 0 Å². The normalized spacial score (nSPS) is 10.3. The van der Waals surface area contributed by atoms with E-state index in [0.717, 1.165) is 18.6 Å². The van der Waals surface area contributed by atoms with E-state index in [1.807, 2.05) is 18.2 Å². The van der Waals surface area contributed by atoms with Crippen LogP contribution in [0.15, 0.2) is 40.8 Å². The molecule has 2 rings (SSSR count). The van der Waals surface area contributed by atoms with Gasteiger partial charge >= 0.3 is 0 Å². The number of rotatable bonds is 5. The average molecular weight is 243 g/mol. The minimum absolute atomic E-state index is 0.380. The summed E-state index contributed by atoms with van der Waals surface area (Å²) >= 11 is 0. The van der Waals surface area contributed by atoms with Crippen molar-refractivity contribution in [2.75, 3.05) is 11.4 Å². The van der Waals surface area contributed by atoms with Gasteiger partial charge in [-0.25, -0.2) is 0 Å². The van der Waals surface area contributed by atoms with Crippen LogP contribution in [0.5, 0.6) is 0 Å². The van der Waals surface area contributed by atoms with E-state index >= 15 is 0 Å². The van der Waals surface area contributed by atoms with Crippen LogP contribution in [0.4, 0.5) is 5.69 Å². The van der Waals surface area contributed by atoms with E-state index in [9.17, 15) is 4.79 Å². The molecule has 0 saturated heterocycles. The Labute approximate surface area is 107 Å². The highest BCUT2D eigenvalue weighted by Gasteiger charge is 2.10. The molecule has 0 N–H and O–H groups in total. The van der Waals surface area contributed by atoms with E-state index < -0.39 is 0 Å². The maximum Gasteiger partial charge on any atom is 0.185 e. The summed E-state index contributed by atoms with van der Waals surface area (Å²) in [6, 6.07) is 11.8. The fourth-order valence-electron chi connectivity index (χ4n) is 2.02. The Morgan fingerprint density at radius 1 is 1.22 bits per heavy atom. The zero-order chi connectivity index (χ0) is 13.0. The molecule has 0 unspecified atom stereocenters. The van der Waals surface area contributed by atoms with E-state index in [1.54, 1.807) is 6.07 Å². The van der Waals surface area contributed by atoms with Crippen LogP contribution in [0.2, 0.25) is 0 Å². The molecular formula is C15H17NO2. The van der Waals surface area contributed by atoms with Crippen molar-refractivity contribution < 1.29 is 9.21 Å². The molecule has 0 atom stereocenters. The van der Waals surface area contributed by atoms with Crippen molar-refractivity contribution in [2.45, 2.75) is 20.4 Å². The molecule has 0 aliphatic carbocycles. The van der Waals surface area contributed by atoms with Crippen LogP contribution in [0.1, 0.15) is 28.8 Å². The van der Waals surface area contributed by atoms with Crippen molar-refractivity contribution in [3.8, 4) is 0 Å². The monoisotopic (exact) mass is 243 g/mol. The summed E-state index contributed by atoms with van der Waals surface area (Å²) in [6.07, 6.45) is 0.730.